The highest BCUT2D eigenvalue weighted by Gasteiger charge is 2.19. The maximum atomic E-state index is 5.43. The van der Waals surface area contributed by atoms with Crippen molar-refractivity contribution < 1.29 is 0 Å². The van der Waals surface area contributed by atoms with E-state index in [0.717, 1.165) is 39.0 Å². The van der Waals surface area contributed by atoms with Crippen LogP contribution in [0.5, 0.6) is 0 Å². The molecule has 12 aromatic rings. The monoisotopic (exact) mass is 800 g/mol. The van der Waals surface area contributed by atoms with Gasteiger partial charge in [-0.1, -0.05) is 170 Å². The maximum Gasteiger partial charge on any atom is 0.164 e. The van der Waals surface area contributed by atoms with Gasteiger partial charge in [-0.25, -0.2) is 19.9 Å². The molecule has 0 spiro atoms. The minimum atomic E-state index is 0.622. The number of pyridine rings is 1. The lowest BCUT2D eigenvalue weighted by molar-refractivity contribution is 1.07. The second kappa shape index (κ2) is 14.2. The Morgan fingerprint density at radius 3 is 1.47 bits per heavy atom. The topological polar surface area (TPSA) is 51.6 Å². The Morgan fingerprint density at radius 2 is 0.783 bits per heavy atom. The zero-order valence-electron chi connectivity index (χ0n) is 32.1. The van der Waals surface area contributed by atoms with Crippen molar-refractivity contribution in [1.29, 1.82) is 0 Å². The Kier molecular flexibility index (Phi) is 8.18. The average molecular weight is 801 g/mol. The molecule has 0 bridgehead atoms. The van der Waals surface area contributed by atoms with Crippen molar-refractivity contribution in [2.24, 2.45) is 0 Å². The van der Waals surface area contributed by atoms with Crippen molar-refractivity contribution in [2.75, 3.05) is 0 Å². The lowest BCUT2D eigenvalue weighted by Crippen LogP contribution is -2.00. The summed E-state index contributed by atoms with van der Waals surface area (Å²) in [4.78, 5) is 20.5. The van der Waals surface area contributed by atoms with E-state index in [1.54, 1.807) is 0 Å². The van der Waals surface area contributed by atoms with Crippen LogP contribution >= 0.6 is 22.7 Å². The van der Waals surface area contributed by atoms with Gasteiger partial charge in [-0.05, 0) is 46.5 Å². The van der Waals surface area contributed by atoms with Crippen LogP contribution in [0.3, 0.4) is 0 Å². The van der Waals surface area contributed by atoms with Crippen LogP contribution in [-0.4, -0.2) is 19.9 Å². The fraction of sp³-hybridized carbons (Fsp3) is 0. The van der Waals surface area contributed by atoms with Gasteiger partial charge >= 0.3 is 0 Å². The fourth-order valence-electron chi connectivity index (χ4n) is 8.38. The minimum Gasteiger partial charge on any atom is -0.247 e. The molecule has 0 saturated heterocycles. The molecule has 0 saturated carbocycles. The zero-order valence-corrected chi connectivity index (χ0v) is 33.7. The largest absolute Gasteiger partial charge is 0.247 e. The number of aromatic nitrogens is 4. The SMILES string of the molecule is c1ccc(-c2ccc(-c3nc(-c4ccccc4)nc(-c4ccc(-c5nc6ccc(-c7cccc8c7sc7ccccc78)cc6c6sc7ccccc7c56)cc4)n3)cc2)cc1. The summed E-state index contributed by atoms with van der Waals surface area (Å²) in [7, 11) is 0. The second-order valence-corrected chi connectivity index (χ2v) is 17.1. The molecule has 0 amide bonds. The summed E-state index contributed by atoms with van der Waals surface area (Å²) in [5.74, 6) is 1.89. The van der Waals surface area contributed by atoms with E-state index in [1.807, 2.05) is 59.1 Å². The molecule has 280 valence electrons. The number of hydrogen-bond donors (Lipinski definition) is 0. The second-order valence-electron chi connectivity index (χ2n) is 15.0. The number of thiophene rings is 2. The van der Waals surface area contributed by atoms with Crippen LogP contribution in [-0.2, 0) is 0 Å². The predicted octanol–water partition coefficient (Wildman–Crippen LogP) is 15.2. The Labute approximate surface area is 353 Å². The maximum absolute atomic E-state index is 5.43. The number of benzene rings is 8. The van der Waals surface area contributed by atoms with Gasteiger partial charge in [0.1, 0.15) is 0 Å². The fourth-order valence-corrected chi connectivity index (χ4v) is 10.8. The smallest absolute Gasteiger partial charge is 0.164 e. The number of hydrogen-bond acceptors (Lipinski definition) is 6. The van der Waals surface area contributed by atoms with Gasteiger partial charge in [0, 0.05) is 68.0 Å². The van der Waals surface area contributed by atoms with E-state index in [4.69, 9.17) is 19.9 Å². The Balaban J connectivity index is 0.970. The molecule has 4 aromatic heterocycles. The van der Waals surface area contributed by atoms with Crippen molar-refractivity contribution in [3.8, 4) is 67.7 Å². The highest BCUT2D eigenvalue weighted by molar-refractivity contribution is 7.27. The van der Waals surface area contributed by atoms with E-state index in [0.29, 0.717) is 17.5 Å². The van der Waals surface area contributed by atoms with Gasteiger partial charge in [0.25, 0.3) is 0 Å². The molecule has 0 atom stereocenters. The van der Waals surface area contributed by atoms with Crippen LogP contribution in [0.15, 0.2) is 194 Å². The van der Waals surface area contributed by atoms with Crippen molar-refractivity contribution in [1.82, 2.24) is 19.9 Å². The molecule has 8 aromatic carbocycles. The van der Waals surface area contributed by atoms with E-state index in [2.05, 4.69) is 158 Å². The van der Waals surface area contributed by atoms with Crippen LogP contribution < -0.4 is 0 Å². The zero-order chi connectivity index (χ0) is 39.6. The highest BCUT2D eigenvalue weighted by atomic mass is 32.1. The molecule has 0 unspecified atom stereocenters. The first-order chi connectivity index (χ1) is 29.7. The van der Waals surface area contributed by atoms with Gasteiger partial charge in [0.15, 0.2) is 17.5 Å². The predicted molar refractivity (Wildman–Crippen MR) is 254 cm³/mol. The third-order valence-electron chi connectivity index (χ3n) is 11.4. The molecule has 4 heterocycles. The molecule has 0 radical (unpaired) electrons. The first-order valence-electron chi connectivity index (χ1n) is 20.0. The van der Waals surface area contributed by atoms with Gasteiger partial charge in [0.05, 0.1) is 11.2 Å². The standard InChI is InChI=1S/C54H32N4S2/c1-3-12-33(13-4-1)34-22-26-37(27-23-34)53-56-52(36-14-5-2-6-15-36)57-54(58-53)38-28-24-35(25-29-38)49-48-43-17-8-10-21-47(43)60-51(48)44-32-39(30-31-45(44)55-49)40-18-11-19-42-41-16-7-9-20-46(41)59-50(40)42/h1-32H. The Bertz CT molecular complexity index is 3580. The van der Waals surface area contributed by atoms with Crippen LogP contribution in [0, 0.1) is 0 Å². The third kappa shape index (κ3) is 5.88. The Morgan fingerprint density at radius 1 is 0.300 bits per heavy atom. The van der Waals surface area contributed by atoms with Crippen LogP contribution in [0.2, 0.25) is 0 Å². The molecule has 0 aliphatic heterocycles. The lowest BCUT2D eigenvalue weighted by Gasteiger charge is -2.11. The van der Waals surface area contributed by atoms with E-state index < -0.39 is 0 Å². The number of nitrogens with zero attached hydrogens (tertiary/aromatic N) is 4. The quantitative estimate of drug-likeness (QED) is 0.168. The molecule has 6 heteroatoms. The third-order valence-corrected chi connectivity index (χ3v) is 13.8. The van der Waals surface area contributed by atoms with Crippen molar-refractivity contribution in [3.05, 3.63) is 194 Å². The van der Waals surface area contributed by atoms with Crippen LogP contribution in [0.4, 0.5) is 0 Å². The number of fused-ring (bicyclic) bond motifs is 8. The summed E-state index contributed by atoms with van der Waals surface area (Å²) in [5, 5.41) is 6.19. The van der Waals surface area contributed by atoms with E-state index in [-0.39, 0.29) is 0 Å². The molecule has 60 heavy (non-hydrogen) atoms. The molecule has 0 fully saturated rings. The summed E-state index contributed by atoms with van der Waals surface area (Å²) >= 11 is 3.71. The molecule has 0 N–H and O–H groups in total. The van der Waals surface area contributed by atoms with Gasteiger partial charge in [-0.2, -0.15) is 0 Å². The van der Waals surface area contributed by atoms with E-state index >= 15 is 0 Å². The van der Waals surface area contributed by atoms with Gasteiger partial charge in [-0.3, -0.25) is 0 Å². The molecule has 12 rings (SSSR count). The van der Waals surface area contributed by atoms with Gasteiger partial charge in [-0.15, -0.1) is 22.7 Å². The molecule has 0 aliphatic rings. The van der Waals surface area contributed by atoms with Gasteiger partial charge < -0.3 is 0 Å². The molecular weight excluding hydrogens is 769 g/mol. The summed E-state index contributed by atoms with van der Waals surface area (Å²) in [5.41, 5.74) is 10.6. The Hall–Kier alpha value is -7.38. The minimum absolute atomic E-state index is 0.622. The summed E-state index contributed by atoms with van der Waals surface area (Å²) < 4.78 is 5.13. The van der Waals surface area contributed by atoms with Crippen molar-refractivity contribution >= 4 is 73.9 Å². The summed E-state index contributed by atoms with van der Waals surface area (Å²) in [6.45, 7) is 0. The summed E-state index contributed by atoms with van der Waals surface area (Å²) in [6, 6.07) is 68.4. The van der Waals surface area contributed by atoms with E-state index in [9.17, 15) is 0 Å². The molecule has 4 nitrogen and oxygen atoms in total. The summed E-state index contributed by atoms with van der Waals surface area (Å²) in [6.07, 6.45) is 0. The normalized spacial score (nSPS) is 11.7. The van der Waals surface area contributed by atoms with Crippen LogP contribution in [0.25, 0.3) is 119 Å². The molecule has 0 aliphatic carbocycles. The highest BCUT2D eigenvalue weighted by Crippen LogP contribution is 2.45. The number of rotatable bonds is 6. The van der Waals surface area contributed by atoms with Crippen molar-refractivity contribution in [2.45, 2.75) is 0 Å². The van der Waals surface area contributed by atoms with Gasteiger partial charge in [0.2, 0.25) is 0 Å². The lowest BCUT2D eigenvalue weighted by atomic mass is 9.98. The first kappa shape index (κ1) is 34.6. The van der Waals surface area contributed by atoms with E-state index in [1.165, 1.54) is 62.4 Å². The molecular formula is C54H32N4S2. The first-order valence-corrected chi connectivity index (χ1v) is 21.6. The average Bonchev–Trinajstić information content (AvgIpc) is 3.91. The van der Waals surface area contributed by atoms with Crippen LogP contribution in [0.1, 0.15) is 0 Å². The van der Waals surface area contributed by atoms with Crippen molar-refractivity contribution in [3.63, 3.8) is 0 Å².